The number of hydrogen-bond donors (Lipinski definition) is 2. The highest BCUT2D eigenvalue weighted by Crippen LogP contribution is 2.39. The Labute approximate surface area is 159 Å². The van der Waals surface area contributed by atoms with Crippen molar-refractivity contribution < 1.29 is 23.8 Å². The first-order chi connectivity index (χ1) is 13.0. The molecular formula is C20H26N2O5. The van der Waals surface area contributed by atoms with Gasteiger partial charge >= 0.3 is 11.9 Å². The van der Waals surface area contributed by atoms with Crippen LogP contribution < -0.4 is 11.1 Å². The number of allylic oxidation sites excluding steroid dienone is 1. The Morgan fingerprint density at radius 1 is 1.15 bits per heavy atom. The molecule has 1 aromatic rings. The molecule has 3 N–H and O–H groups in total. The largest absolute Gasteiger partial charge is 0.466 e. The van der Waals surface area contributed by atoms with E-state index in [9.17, 15) is 9.59 Å². The van der Waals surface area contributed by atoms with Crippen LogP contribution in [0.25, 0.3) is 0 Å². The van der Waals surface area contributed by atoms with Gasteiger partial charge in [-0.3, -0.25) is 0 Å². The second-order valence-electron chi connectivity index (χ2n) is 5.95. The van der Waals surface area contributed by atoms with Gasteiger partial charge in [0.15, 0.2) is 0 Å². The van der Waals surface area contributed by atoms with Gasteiger partial charge in [0.25, 0.3) is 0 Å². The normalized spacial score (nSPS) is 16.8. The average Bonchev–Trinajstić information content (AvgIpc) is 2.67. The molecule has 1 heterocycles. The molecule has 0 bridgehead atoms. The zero-order valence-electron chi connectivity index (χ0n) is 15.9. The van der Waals surface area contributed by atoms with Crippen molar-refractivity contribution in [3.63, 3.8) is 0 Å². The summed E-state index contributed by atoms with van der Waals surface area (Å²) in [5, 5.41) is 3.12. The fraction of sp³-hybridized carbons (Fsp3) is 0.400. The lowest BCUT2D eigenvalue weighted by Gasteiger charge is -2.31. The van der Waals surface area contributed by atoms with E-state index in [0.29, 0.717) is 35.7 Å². The van der Waals surface area contributed by atoms with Crippen LogP contribution in [0, 0.1) is 0 Å². The van der Waals surface area contributed by atoms with Gasteiger partial charge in [0, 0.05) is 12.2 Å². The lowest BCUT2D eigenvalue weighted by atomic mass is 9.80. The Kier molecular flexibility index (Phi) is 7.57. The number of carbonyl (C=O) groups excluding carboxylic acids is 2. The Morgan fingerprint density at radius 3 is 2.44 bits per heavy atom. The molecule has 27 heavy (non-hydrogen) atoms. The monoisotopic (exact) mass is 374 g/mol. The van der Waals surface area contributed by atoms with E-state index in [1.807, 2.05) is 30.3 Å². The van der Waals surface area contributed by atoms with Crippen LogP contribution in [0.5, 0.6) is 0 Å². The molecule has 1 unspecified atom stereocenters. The molecular weight excluding hydrogens is 348 g/mol. The molecule has 0 spiro atoms. The molecule has 1 aliphatic heterocycles. The smallest absolute Gasteiger partial charge is 0.336 e. The van der Waals surface area contributed by atoms with Crippen LogP contribution in [0.3, 0.4) is 0 Å². The van der Waals surface area contributed by atoms with Crippen molar-refractivity contribution in [2.45, 2.75) is 19.8 Å². The van der Waals surface area contributed by atoms with Gasteiger partial charge in [-0.1, -0.05) is 30.3 Å². The molecule has 7 heteroatoms. The zero-order valence-corrected chi connectivity index (χ0v) is 15.9. The van der Waals surface area contributed by atoms with Gasteiger partial charge in [-0.25, -0.2) is 9.59 Å². The van der Waals surface area contributed by atoms with Gasteiger partial charge in [0.1, 0.15) is 0 Å². The minimum Gasteiger partial charge on any atom is -0.466 e. The van der Waals surface area contributed by atoms with Crippen molar-refractivity contribution in [2.24, 2.45) is 5.73 Å². The predicted molar refractivity (Wildman–Crippen MR) is 101 cm³/mol. The molecule has 1 aromatic carbocycles. The van der Waals surface area contributed by atoms with Crippen molar-refractivity contribution in [1.29, 1.82) is 0 Å². The van der Waals surface area contributed by atoms with Gasteiger partial charge in [-0.05, 0) is 19.4 Å². The lowest BCUT2D eigenvalue weighted by Crippen LogP contribution is -2.34. The molecule has 0 amide bonds. The standard InChI is InChI=1S/C20H26N2O5/c1-4-27-20(24)16-13(2)22-15(12-26-11-10-21)18(19(23)25-3)17(16)14-8-6-5-7-9-14/h5-9,17,22H,4,10-12,21H2,1-3H3. The Bertz CT molecular complexity index is 740. The minimum absolute atomic E-state index is 0.151. The van der Waals surface area contributed by atoms with Gasteiger partial charge in [-0.2, -0.15) is 0 Å². The quantitative estimate of drug-likeness (QED) is 0.527. The topological polar surface area (TPSA) is 99.9 Å². The second kappa shape index (κ2) is 9.89. The molecule has 146 valence electrons. The van der Waals surface area contributed by atoms with Crippen LogP contribution in [0.1, 0.15) is 25.3 Å². The maximum absolute atomic E-state index is 12.7. The van der Waals surface area contributed by atoms with E-state index < -0.39 is 17.9 Å². The van der Waals surface area contributed by atoms with Gasteiger partial charge < -0.3 is 25.3 Å². The van der Waals surface area contributed by atoms with Crippen LogP contribution in [0.2, 0.25) is 0 Å². The summed E-state index contributed by atoms with van der Waals surface area (Å²) in [5.74, 6) is -1.62. The fourth-order valence-electron chi connectivity index (χ4n) is 3.08. The van der Waals surface area contributed by atoms with E-state index in [4.69, 9.17) is 19.9 Å². The molecule has 0 aliphatic carbocycles. The summed E-state index contributed by atoms with van der Waals surface area (Å²) in [6, 6.07) is 9.31. The van der Waals surface area contributed by atoms with E-state index in [1.54, 1.807) is 13.8 Å². The Balaban J connectivity index is 2.59. The van der Waals surface area contributed by atoms with Gasteiger partial charge in [-0.15, -0.1) is 0 Å². The Hall–Kier alpha value is -2.64. The van der Waals surface area contributed by atoms with E-state index >= 15 is 0 Å². The number of ether oxygens (including phenoxy) is 3. The molecule has 0 saturated carbocycles. The SMILES string of the molecule is CCOC(=O)C1=C(C)NC(COCCN)=C(C(=O)OC)C1c1ccccc1. The number of methoxy groups -OCH3 is 1. The zero-order chi connectivity index (χ0) is 19.8. The lowest BCUT2D eigenvalue weighted by molar-refractivity contribution is -0.139. The number of nitrogens with two attached hydrogens (primary N) is 1. The number of nitrogens with one attached hydrogen (secondary N) is 1. The van der Waals surface area contributed by atoms with E-state index in [0.717, 1.165) is 5.56 Å². The van der Waals surface area contributed by atoms with E-state index in [-0.39, 0.29) is 13.2 Å². The van der Waals surface area contributed by atoms with Crippen molar-refractivity contribution in [3.8, 4) is 0 Å². The molecule has 2 rings (SSSR count). The summed E-state index contributed by atoms with van der Waals surface area (Å²) in [6.07, 6.45) is 0. The van der Waals surface area contributed by atoms with Gasteiger partial charge in [0.05, 0.1) is 49.7 Å². The van der Waals surface area contributed by atoms with E-state index in [1.165, 1.54) is 7.11 Å². The number of carbonyl (C=O) groups is 2. The van der Waals surface area contributed by atoms with E-state index in [2.05, 4.69) is 5.32 Å². The molecule has 0 radical (unpaired) electrons. The maximum Gasteiger partial charge on any atom is 0.336 e. The average molecular weight is 374 g/mol. The number of benzene rings is 1. The summed E-state index contributed by atoms with van der Waals surface area (Å²) >= 11 is 0. The predicted octanol–water partition coefficient (Wildman–Crippen LogP) is 1.61. The van der Waals surface area contributed by atoms with Crippen molar-refractivity contribution in [3.05, 3.63) is 58.4 Å². The summed E-state index contributed by atoms with van der Waals surface area (Å²) in [7, 11) is 1.31. The number of rotatable bonds is 8. The van der Waals surface area contributed by atoms with Crippen LogP contribution in [0.4, 0.5) is 0 Å². The first kappa shape index (κ1) is 20.7. The number of dihydropyridines is 1. The first-order valence-corrected chi connectivity index (χ1v) is 8.84. The third-order valence-corrected chi connectivity index (χ3v) is 4.19. The van der Waals surface area contributed by atoms with Crippen molar-refractivity contribution in [1.82, 2.24) is 5.32 Å². The summed E-state index contributed by atoms with van der Waals surface area (Å²) in [5.41, 5.74) is 8.14. The maximum atomic E-state index is 12.7. The first-order valence-electron chi connectivity index (χ1n) is 8.84. The second-order valence-corrected chi connectivity index (χ2v) is 5.95. The molecule has 0 aromatic heterocycles. The number of esters is 2. The van der Waals surface area contributed by atoms with Gasteiger partial charge in [0.2, 0.25) is 0 Å². The van der Waals surface area contributed by atoms with Crippen LogP contribution in [-0.2, 0) is 23.8 Å². The highest BCUT2D eigenvalue weighted by atomic mass is 16.5. The molecule has 7 nitrogen and oxygen atoms in total. The summed E-state index contributed by atoms with van der Waals surface area (Å²) in [4.78, 5) is 25.3. The highest BCUT2D eigenvalue weighted by Gasteiger charge is 2.38. The van der Waals surface area contributed by atoms with Crippen molar-refractivity contribution >= 4 is 11.9 Å². The summed E-state index contributed by atoms with van der Waals surface area (Å²) < 4.78 is 15.8. The van der Waals surface area contributed by atoms with Crippen LogP contribution in [-0.4, -0.2) is 45.4 Å². The molecule has 0 saturated heterocycles. The third-order valence-electron chi connectivity index (χ3n) is 4.19. The summed E-state index contributed by atoms with van der Waals surface area (Å²) in [6.45, 7) is 4.62. The van der Waals surface area contributed by atoms with Crippen LogP contribution >= 0.6 is 0 Å². The highest BCUT2D eigenvalue weighted by molar-refractivity contribution is 5.99. The number of hydrogen-bond acceptors (Lipinski definition) is 7. The minimum atomic E-state index is -0.615. The fourth-order valence-corrected chi connectivity index (χ4v) is 3.08. The Morgan fingerprint density at radius 2 is 1.85 bits per heavy atom. The van der Waals surface area contributed by atoms with Crippen LogP contribution in [0.15, 0.2) is 52.9 Å². The third kappa shape index (κ3) is 4.75. The molecule has 1 aliphatic rings. The molecule has 0 fully saturated rings. The van der Waals surface area contributed by atoms with Crippen molar-refractivity contribution in [2.75, 3.05) is 33.5 Å². The molecule has 1 atom stereocenters.